The third kappa shape index (κ3) is 3.57. The van der Waals surface area contributed by atoms with Crippen molar-refractivity contribution in [2.45, 2.75) is 0 Å². The third-order valence-electron chi connectivity index (χ3n) is 5.82. The summed E-state index contributed by atoms with van der Waals surface area (Å²) in [6.07, 6.45) is 1.06. The second-order valence-electron chi connectivity index (χ2n) is 7.37. The Hall–Kier alpha value is -1.51. The van der Waals surface area contributed by atoms with Crippen molar-refractivity contribution in [2.75, 3.05) is 39.0 Å². The molecular formula is C24H27BrNOP. The van der Waals surface area contributed by atoms with E-state index in [0.29, 0.717) is 0 Å². The number of morpholine rings is 1. The van der Waals surface area contributed by atoms with E-state index in [9.17, 15) is 0 Å². The van der Waals surface area contributed by atoms with E-state index in [1.165, 1.54) is 15.9 Å². The van der Waals surface area contributed by atoms with Crippen LogP contribution in [0, 0.1) is 0 Å². The van der Waals surface area contributed by atoms with Gasteiger partial charge in [-0.3, -0.25) is 0 Å². The maximum absolute atomic E-state index is 5.57. The van der Waals surface area contributed by atoms with Crippen molar-refractivity contribution < 1.29 is 4.74 Å². The molecule has 0 aromatic heterocycles. The second kappa shape index (κ2) is 8.47. The molecule has 0 spiro atoms. The molecule has 0 atom stereocenters. The van der Waals surface area contributed by atoms with Gasteiger partial charge < -0.3 is 0 Å². The third-order valence-corrected chi connectivity index (χ3v) is 15.7. The molecule has 146 valence electrons. The Kier molecular flexibility index (Phi) is 5.99. The summed E-state index contributed by atoms with van der Waals surface area (Å²) < 4.78 is 5.57. The summed E-state index contributed by atoms with van der Waals surface area (Å²) in [6, 6.07) is 33.1. The van der Waals surface area contributed by atoms with Gasteiger partial charge in [0.15, 0.2) is 0 Å². The molecule has 1 aliphatic heterocycles. The fourth-order valence-corrected chi connectivity index (χ4v) is 11.5. The molecule has 0 bridgehead atoms. The standard InChI is InChI=1S/C24H27BrNOP/c25-28(22-10-4-1-5-11-22,23-12-6-2-7-13-23,24-14-8-3-9-15-24)21-18-26-16-19-27-20-17-26/h1-15H,16-21H2. The van der Waals surface area contributed by atoms with Gasteiger partial charge in [-0.05, 0) is 0 Å². The molecule has 0 radical (unpaired) electrons. The van der Waals surface area contributed by atoms with Crippen molar-refractivity contribution in [1.29, 1.82) is 0 Å². The summed E-state index contributed by atoms with van der Waals surface area (Å²) >= 11 is 4.52. The fraction of sp³-hybridized carbons (Fsp3) is 0.250. The van der Waals surface area contributed by atoms with Crippen LogP contribution in [-0.4, -0.2) is 43.9 Å². The molecular weight excluding hydrogens is 429 g/mol. The number of ether oxygens (including phenoxy) is 1. The Morgan fingerprint density at radius 2 is 1.07 bits per heavy atom. The van der Waals surface area contributed by atoms with Crippen LogP contribution in [0.4, 0.5) is 0 Å². The molecule has 0 unspecified atom stereocenters. The summed E-state index contributed by atoms with van der Waals surface area (Å²) in [7, 11) is 0. The first-order valence-electron chi connectivity index (χ1n) is 9.91. The van der Waals surface area contributed by atoms with Crippen LogP contribution >= 0.6 is 20.8 Å². The Bertz CT molecular complexity index is 783. The molecule has 0 aliphatic carbocycles. The van der Waals surface area contributed by atoms with Crippen LogP contribution in [0.3, 0.4) is 0 Å². The van der Waals surface area contributed by atoms with E-state index in [0.717, 1.165) is 39.0 Å². The van der Waals surface area contributed by atoms with Crippen LogP contribution in [0.25, 0.3) is 0 Å². The van der Waals surface area contributed by atoms with Gasteiger partial charge in [0.2, 0.25) is 0 Å². The number of hydrogen-bond donors (Lipinski definition) is 0. The van der Waals surface area contributed by atoms with Crippen LogP contribution < -0.4 is 15.9 Å². The average molecular weight is 456 g/mol. The van der Waals surface area contributed by atoms with Crippen LogP contribution in [0.15, 0.2) is 91.0 Å². The van der Waals surface area contributed by atoms with Gasteiger partial charge in [-0.2, -0.15) is 0 Å². The van der Waals surface area contributed by atoms with E-state index in [1.807, 2.05) is 0 Å². The van der Waals surface area contributed by atoms with Gasteiger partial charge in [-0.1, -0.05) is 0 Å². The minimum absolute atomic E-state index is 0.834. The molecule has 1 heterocycles. The normalized spacial score (nSPS) is 17.0. The molecule has 1 fully saturated rings. The predicted molar refractivity (Wildman–Crippen MR) is 126 cm³/mol. The maximum atomic E-state index is 5.57. The minimum atomic E-state index is -2.79. The summed E-state index contributed by atoms with van der Waals surface area (Å²) in [5.41, 5.74) is 0. The van der Waals surface area contributed by atoms with Gasteiger partial charge in [-0.25, -0.2) is 0 Å². The zero-order valence-electron chi connectivity index (χ0n) is 16.1. The molecule has 2 nitrogen and oxygen atoms in total. The van der Waals surface area contributed by atoms with Crippen molar-refractivity contribution in [2.24, 2.45) is 0 Å². The predicted octanol–water partition coefficient (Wildman–Crippen LogP) is 4.16. The van der Waals surface area contributed by atoms with Crippen molar-refractivity contribution >= 4 is 36.7 Å². The van der Waals surface area contributed by atoms with Gasteiger partial charge >= 0.3 is 176 Å². The van der Waals surface area contributed by atoms with Crippen molar-refractivity contribution in [1.82, 2.24) is 4.90 Å². The summed E-state index contributed by atoms with van der Waals surface area (Å²) in [4.78, 5) is 2.54. The quantitative estimate of drug-likeness (QED) is 0.517. The van der Waals surface area contributed by atoms with Crippen molar-refractivity contribution in [3.8, 4) is 0 Å². The molecule has 1 aliphatic rings. The number of hydrogen-bond acceptors (Lipinski definition) is 2. The van der Waals surface area contributed by atoms with Crippen molar-refractivity contribution in [3.05, 3.63) is 91.0 Å². The van der Waals surface area contributed by atoms with Crippen LogP contribution in [0.5, 0.6) is 0 Å². The number of nitrogens with zero attached hydrogens (tertiary/aromatic N) is 1. The second-order valence-corrected chi connectivity index (χ2v) is 16.4. The number of halogens is 1. The first-order chi connectivity index (χ1) is 13.7. The first-order valence-corrected chi connectivity index (χ1v) is 14.4. The van der Waals surface area contributed by atoms with Gasteiger partial charge in [0.25, 0.3) is 0 Å². The number of rotatable bonds is 6. The molecule has 4 rings (SSSR count). The SMILES string of the molecule is BrP(CCN1CCOCC1)(c1ccccc1)(c1ccccc1)c1ccccc1. The molecule has 3 aromatic carbocycles. The summed E-state index contributed by atoms with van der Waals surface area (Å²) in [5, 5.41) is 1.37. The Balaban J connectivity index is 1.89. The zero-order chi connectivity index (χ0) is 19.3. The fourth-order valence-electron chi connectivity index (χ4n) is 4.20. The van der Waals surface area contributed by atoms with E-state index in [4.69, 9.17) is 4.74 Å². The summed E-state index contributed by atoms with van der Waals surface area (Å²) in [5.74, 6) is 0. The molecule has 0 amide bonds. The topological polar surface area (TPSA) is 12.5 Å². The molecule has 1 saturated heterocycles. The Morgan fingerprint density at radius 3 is 1.46 bits per heavy atom. The van der Waals surface area contributed by atoms with Crippen LogP contribution in [0.1, 0.15) is 0 Å². The van der Waals surface area contributed by atoms with Gasteiger partial charge in [0, 0.05) is 0 Å². The van der Waals surface area contributed by atoms with Crippen LogP contribution in [-0.2, 0) is 4.74 Å². The molecule has 3 aromatic rings. The monoisotopic (exact) mass is 455 g/mol. The zero-order valence-corrected chi connectivity index (χ0v) is 18.6. The van der Waals surface area contributed by atoms with E-state index in [2.05, 4.69) is 111 Å². The van der Waals surface area contributed by atoms with E-state index in [1.54, 1.807) is 0 Å². The van der Waals surface area contributed by atoms with Crippen LogP contribution in [0.2, 0.25) is 0 Å². The molecule has 4 heteroatoms. The Morgan fingerprint density at radius 1 is 0.679 bits per heavy atom. The average Bonchev–Trinajstić information content (AvgIpc) is 2.80. The van der Waals surface area contributed by atoms with Gasteiger partial charge in [0.1, 0.15) is 0 Å². The van der Waals surface area contributed by atoms with E-state index in [-0.39, 0.29) is 0 Å². The Labute approximate surface area is 176 Å². The molecule has 0 N–H and O–H groups in total. The molecule has 28 heavy (non-hydrogen) atoms. The van der Waals surface area contributed by atoms with E-state index < -0.39 is 5.31 Å². The number of benzene rings is 3. The van der Waals surface area contributed by atoms with Gasteiger partial charge in [-0.15, -0.1) is 0 Å². The van der Waals surface area contributed by atoms with Crippen molar-refractivity contribution in [3.63, 3.8) is 0 Å². The van der Waals surface area contributed by atoms with Gasteiger partial charge in [0.05, 0.1) is 0 Å². The van der Waals surface area contributed by atoms with E-state index >= 15 is 0 Å². The molecule has 0 saturated carbocycles. The first kappa shape index (κ1) is 19.8. The summed E-state index contributed by atoms with van der Waals surface area (Å²) in [6.45, 7) is 4.74.